The molecule has 0 radical (unpaired) electrons. The minimum Gasteiger partial charge on any atom is -0.491 e. The number of ether oxygens (including phenoxy) is 3. The summed E-state index contributed by atoms with van der Waals surface area (Å²) in [7, 11) is 0. The molecule has 2 rings (SSSR count). The number of hydrogen-bond acceptors (Lipinski definition) is 5. The first-order chi connectivity index (χ1) is 13.7. The summed E-state index contributed by atoms with van der Waals surface area (Å²) in [6, 6.07) is 13.0. The van der Waals surface area contributed by atoms with Crippen LogP contribution in [0.4, 0.5) is 0 Å². The molecule has 0 saturated heterocycles. The predicted molar refractivity (Wildman–Crippen MR) is 111 cm³/mol. The van der Waals surface area contributed by atoms with Gasteiger partial charge in [0.25, 0.3) is 0 Å². The normalized spacial score (nSPS) is 13.2. The molecule has 2 unspecified atom stereocenters. The Morgan fingerprint density at radius 2 is 1.76 bits per heavy atom. The van der Waals surface area contributed by atoms with Crippen LogP contribution in [0.25, 0.3) is 0 Å². The van der Waals surface area contributed by atoms with Crippen LogP contribution in [0, 0.1) is 13.8 Å². The second-order valence-electron chi connectivity index (χ2n) is 7.41. The van der Waals surface area contributed by atoms with E-state index < -0.39 is 18.2 Å². The number of aliphatic carboxylic acids is 1. The number of carboxylic acids is 1. The summed E-state index contributed by atoms with van der Waals surface area (Å²) in [4.78, 5) is 11.4. The van der Waals surface area contributed by atoms with E-state index in [0.717, 1.165) is 22.4 Å². The molecule has 6 heteroatoms. The van der Waals surface area contributed by atoms with Gasteiger partial charge in [0.15, 0.2) is 6.10 Å². The Kier molecular flexibility index (Phi) is 8.49. The van der Waals surface area contributed by atoms with Crippen LogP contribution in [-0.4, -0.2) is 47.7 Å². The summed E-state index contributed by atoms with van der Waals surface area (Å²) in [6.45, 7) is 7.77. The van der Waals surface area contributed by atoms with Gasteiger partial charge in [0.05, 0.1) is 6.10 Å². The quantitative estimate of drug-likeness (QED) is 0.598. The Labute approximate surface area is 172 Å². The lowest BCUT2D eigenvalue weighted by Gasteiger charge is -2.17. The fraction of sp³-hybridized carbons (Fsp3) is 0.435. The number of rotatable bonds is 11. The molecule has 6 nitrogen and oxygen atoms in total. The van der Waals surface area contributed by atoms with E-state index in [9.17, 15) is 15.0 Å². The van der Waals surface area contributed by atoms with Crippen molar-refractivity contribution in [3.8, 4) is 11.5 Å². The van der Waals surface area contributed by atoms with E-state index in [2.05, 4.69) is 0 Å². The van der Waals surface area contributed by atoms with Gasteiger partial charge < -0.3 is 24.4 Å². The fourth-order valence-corrected chi connectivity index (χ4v) is 2.89. The molecule has 2 aromatic carbocycles. The van der Waals surface area contributed by atoms with E-state index in [1.807, 2.05) is 38.1 Å². The minimum atomic E-state index is -0.996. The number of hydrogen-bond donors (Lipinski definition) is 2. The van der Waals surface area contributed by atoms with Crippen LogP contribution in [0.3, 0.4) is 0 Å². The molecule has 2 aromatic rings. The number of aliphatic hydroxyl groups is 1. The first kappa shape index (κ1) is 22.7. The van der Waals surface area contributed by atoms with Crippen molar-refractivity contribution in [3.05, 3.63) is 59.2 Å². The summed E-state index contributed by atoms with van der Waals surface area (Å²) >= 11 is 0. The van der Waals surface area contributed by atoms with Crippen molar-refractivity contribution in [2.75, 3.05) is 13.2 Å². The van der Waals surface area contributed by atoms with E-state index in [4.69, 9.17) is 14.2 Å². The van der Waals surface area contributed by atoms with Gasteiger partial charge >= 0.3 is 5.97 Å². The molecule has 2 atom stereocenters. The molecular weight excluding hydrogens is 372 g/mol. The van der Waals surface area contributed by atoms with Gasteiger partial charge in [-0.3, -0.25) is 0 Å². The standard InChI is InChI=1S/C23H30O6/c1-15(2)29-22(23(25)26)12-18-6-5-7-20(11-18)27-13-19(24)14-28-21-9-8-16(3)10-17(21)4/h5-11,15,19,22,24H,12-14H2,1-4H3,(H,25,26). The Morgan fingerprint density at radius 1 is 1.03 bits per heavy atom. The van der Waals surface area contributed by atoms with Crippen molar-refractivity contribution in [3.63, 3.8) is 0 Å². The van der Waals surface area contributed by atoms with Crippen LogP contribution < -0.4 is 9.47 Å². The lowest BCUT2D eigenvalue weighted by molar-refractivity contribution is -0.153. The van der Waals surface area contributed by atoms with Gasteiger partial charge in [0.2, 0.25) is 0 Å². The molecular formula is C23H30O6. The van der Waals surface area contributed by atoms with Crippen LogP contribution in [-0.2, 0) is 16.0 Å². The minimum absolute atomic E-state index is 0.0687. The average molecular weight is 402 g/mol. The highest BCUT2D eigenvalue weighted by Crippen LogP contribution is 2.19. The van der Waals surface area contributed by atoms with Crippen LogP contribution >= 0.6 is 0 Å². The summed E-state index contributed by atoms with van der Waals surface area (Å²) in [5, 5.41) is 19.5. The van der Waals surface area contributed by atoms with E-state index in [1.165, 1.54) is 0 Å². The Bertz CT molecular complexity index is 802. The van der Waals surface area contributed by atoms with Crippen molar-refractivity contribution in [2.24, 2.45) is 0 Å². The molecule has 29 heavy (non-hydrogen) atoms. The highest BCUT2D eigenvalue weighted by atomic mass is 16.5. The zero-order chi connectivity index (χ0) is 21.4. The van der Waals surface area contributed by atoms with Gasteiger partial charge in [-0.05, 0) is 57.0 Å². The SMILES string of the molecule is Cc1ccc(OCC(O)COc2cccc(CC(OC(C)C)C(=O)O)c2)c(C)c1. The number of benzene rings is 2. The summed E-state index contributed by atoms with van der Waals surface area (Å²) < 4.78 is 16.8. The zero-order valence-corrected chi connectivity index (χ0v) is 17.4. The van der Waals surface area contributed by atoms with Crippen molar-refractivity contribution < 1.29 is 29.2 Å². The van der Waals surface area contributed by atoms with E-state index >= 15 is 0 Å². The Morgan fingerprint density at radius 3 is 2.41 bits per heavy atom. The van der Waals surface area contributed by atoms with Crippen LogP contribution in [0.1, 0.15) is 30.5 Å². The Hall–Kier alpha value is -2.57. The van der Waals surface area contributed by atoms with Crippen LogP contribution in [0.2, 0.25) is 0 Å². The zero-order valence-electron chi connectivity index (χ0n) is 17.4. The van der Waals surface area contributed by atoms with Crippen molar-refractivity contribution in [2.45, 2.75) is 52.4 Å². The predicted octanol–water partition coefficient (Wildman–Crippen LogP) is 3.54. The molecule has 0 aromatic heterocycles. The number of aryl methyl sites for hydroxylation is 2. The monoisotopic (exact) mass is 402 g/mol. The number of carboxylic acid groups (broad SMARTS) is 1. The largest absolute Gasteiger partial charge is 0.491 e. The van der Waals surface area contributed by atoms with Gasteiger partial charge in [0.1, 0.15) is 30.8 Å². The maximum absolute atomic E-state index is 11.4. The average Bonchev–Trinajstić information content (AvgIpc) is 2.65. The summed E-state index contributed by atoms with van der Waals surface area (Å²) in [5.41, 5.74) is 2.96. The lowest BCUT2D eigenvalue weighted by atomic mass is 10.1. The topological polar surface area (TPSA) is 85.2 Å². The highest BCUT2D eigenvalue weighted by Gasteiger charge is 2.20. The molecule has 0 aliphatic carbocycles. The van der Waals surface area contributed by atoms with Crippen LogP contribution in [0.15, 0.2) is 42.5 Å². The van der Waals surface area contributed by atoms with Gasteiger partial charge in [-0.1, -0.05) is 29.8 Å². The molecule has 0 amide bonds. The first-order valence-corrected chi connectivity index (χ1v) is 9.72. The van der Waals surface area contributed by atoms with Gasteiger partial charge in [-0.15, -0.1) is 0 Å². The maximum atomic E-state index is 11.4. The third kappa shape index (κ3) is 7.75. The third-order valence-electron chi connectivity index (χ3n) is 4.24. The van der Waals surface area contributed by atoms with Gasteiger partial charge in [-0.25, -0.2) is 4.79 Å². The van der Waals surface area contributed by atoms with E-state index in [-0.39, 0.29) is 25.7 Å². The molecule has 0 saturated carbocycles. The third-order valence-corrected chi connectivity index (χ3v) is 4.24. The molecule has 2 N–H and O–H groups in total. The molecule has 0 aliphatic rings. The Balaban J connectivity index is 1.87. The van der Waals surface area contributed by atoms with Gasteiger partial charge in [-0.2, -0.15) is 0 Å². The molecule has 0 heterocycles. The van der Waals surface area contributed by atoms with Crippen LogP contribution in [0.5, 0.6) is 11.5 Å². The number of aliphatic hydroxyl groups excluding tert-OH is 1. The second-order valence-corrected chi connectivity index (χ2v) is 7.41. The molecule has 0 aliphatic heterocycles. The molecule has 0 bridgehead atoms. The lowest BCUT2D eigenvalue weighted by Crippen LogP contribution is -2.29. The summed E-state index contributed by atoms with van der Waals surface area (Å²) in [6.07, 6.45) is -1.65. The van der Waals surface area contributed by atoms with Crippen molar-refractivity contribution in [1.29, 1.82) is 0 Å². The fourth-order valence-electron chi connectivity index (χ4n) is 2.89. The smallest absolute Gasteiger partial charge is 0.333 e. The van der Waals surface area contributed by atoms with Crippen molar-refractivity contribution in [1.82, 2.24) is 0 Å². The van der Waals surface area contributed by atoms with E-state index in [1.54, 1.807) is 32.0 Å². The van der Waals surface area contributed by atoms with Crippen molar-refractivity contribution >= 4 is 5.97 Å². The van der Waals surface area contributed by atoms with E-state index in [0.29, 0.717) is 5.75 Å². The maximum Gasteiger partial charge on any atom is 0.333 e. The summed E-state index contributed by atoms with van der Waals surface area (Å²) in [5.74, 6) is 0.298. The molecule has 0 spiro atoms. The molecule has 158 valence electrons. The van der Waals surface area contributed by atoms with Gasteiger partial charge in [0, 0.05) is 6.42 Å². The molecule has 0 fully saturated rings. The first-order valence-electron chi connectivity index (χ1n) is 9.72. The number of carbonyl (C=O) groups is 1. The highest BCUT2D eigenvalue weighted by molar-refractivity contribution is 5.72. The second kappa shape index (κ2) is 10.8.